The summed E-state index contributed by atoms with van der Waals surface area (Å²) in [4.78, 5) is 0. The van der Waals surface area contributed by atoms with Crippen LogP contribution in [0.2, 0.25) is 0 Å². The highest BCUT2D eigenvalue weighted by atomic mass is 32.2. The average Bonchev–Trinajstić information content (AvgIpc) is 2.60. The molecule has 0 aromatic heterocycles. The van der Waals surface area contributed by atoms with E-state index in [1.54, 1.807) is 0 Å². The van der Waals surface area contributed by atoms with Gasteiger partial charge in [0, 0.05) is 0 Å². The summed E-state index contributed by atoms with van der Waals surface area (Å²) in [6, 6.07) is 0. The van der Waals surface area contributed by atoms with E-state index in [9.17, 15) is 0 Å². The fraction of sp³-hybridized carbons (Fsp3) is 1.00. The van der Waals surface area contributed by atoms with Crippen molar-refractivity contribution in [2.24, 2.45) is 0 Å². The van der Waals surface area contributed by atoms with E-state index >= 15 is 0 Å². The molecule has 0 nitrogen and oxygen atoms in total. The van der Waals surface area contributed by atoms with Crippen molar-refractivity contribution >= 4 is 11.8 Å². The van der Waals surface area contributed by atoms with E-state index in [0.29, 0.717) is 0 Å². The van der Waals surface area contributed by atoms with Crippen molar-refractivity contribution < 1.29 is 0 Å². The zero-order valence-corrected chi connectivity index (χ0v) is 18.1. The maximum atomic E-state index is 2.30. The van der Waals surface area contributed by atoms with E-state index in [1.165, 1.54) is 134 Å². The SMILES string of the molecule is CCCCCCCCCCCCCCCCCCSCCCCC. The van der Waals surface area contributed by atoms with E-state index < -0.39 is 0 Å². The molecule has 0 aliphatic heterocycles. The molecule has 24 heavy (non-hydrogen) atoms. The largest absolute Gasteiger partial charge is 0.162 e. The minimum atomic E-state index is 1.36. The van der Waals surface area contributed by atoms with Gasteiger partial charge in [-0.1, -0.05) is 123 Å². The molecule has 0 aromatic rings. The van der Waals surface area contributed by atoms with Gasteiger partial charge in [0.1, 0.15) is 0 Å². The maximum Gasteiger partial charge on any atom is -0.00675 e. The standard InChI is InChI=1S/C23H48S/c1-3-5-7-8-9-10-11-12-13-14-15-16-17-18-19-21-23-24-22-20-6-4-2/h3-23H2,1-2H3. The van der Waals surface area contributed by atoms with Gasteiger partial charge in [0.05, 0.1) is 0 Å². The number of rotatable bonds is 21. The summed E-state index contributed by atoms with van der Waals surface area (Å²) >= 11 is 2.18. The molecule has 0 bridgehead atoms. The van der Waals surface area contributed by atoms with Gasteiger partial charge in [-0.15, -0.1) is 0 Å². The number of hydrogen-bond acceptors (Lipinski definition) is 1. The molecule has 0 N–H and O–H groups in total. The molecule has 0 atom stereocenters. The number of hydrogen-bond donors (Lipinski definition) is 0. The molecule has 0 spiro atoms. The van der Waals surface area contributed by atoms with Crippen molar-refractivity contribution in [1.29, 1.82) is 0 Å². The van der Waals surface area contributed by atoms with E-state index in [1.807, 2.05) is 0 Å². The Hall–Kier alpha value is 0.350. The van der Waals surface area contributed by atoms with Crippen LogP contribution in [0.3, 0.4) is 0 Å². The Balaban J connectivity index is 2.93. The van der Waals surface area contributed by atoms with Gasteiger partial charge in [0.15, 0.2) is 0 Å². The second-order valence-electron chi connectivity index (χ2n) is 7.62. The summed E-state index contributed by atoms with van der Waals surface area (Å²) in [6.07, 6.45) is 27.8. The second-order valence-corrected chi connectivity index (χ2v) is 8.85. The van der Waals surface area contributed by atoms with Gasteiger partial charge >= 0.3 is 0 Å². The first kappa shape index (κ1) is 24.4. The Morgan fingerprint density at radius 3 is 0.958 bits per heavy atom. The monoisotopic (exact) mass is 356 g/mol. The van der Waals surface area contributed by atoms with Crippen LogP contribution in [-0.2, 0) is 0 Å². The van der Waals surface area contributed by atoms with E-state index in [2.05, 4.69) is 25.6 Å². The molecule has 0 aromatic carbocycles. The lowest BCUT2D eigenvalue weighted by molar-refractivity contribution is 0.531. The lowest BCUT2D eigenvalue weighted by Gasteiger charge is -2.04. The summed E-state index contributed by atoms with van der Waals surface area (Å²) in [5.74, 6) is 2.80. The summed E-state index contributed by atoms with van der Waals surface area (Å²) in [5.41, 5.74) is 0. The van der Waals surface area contributed by atoms with E-state index in [0.717, 1.165) is 0 Å². The van der Waals surface area contributed by atoms with Gasteiger partial charge in [-0.2, -0.15) is 11.8 Å². The molecule has 0 heterocycles. The molecule has 0 fully saturated rings. The van der Waals surface area contributed by atoms with E-state index in [4.69, 9.17) is 0 Å². The first-order chi connectivity index (χ1) is 11.9. The second kappa shape index (κ2) is 23.4. The summed E-state index contributed by atoms with van der Waals surface area (Å²) in [6.45, 7) is 4.59. The fourth-order valence-electron chi connectivity index (χ4n) is 3.31. The lowest BCUT2D eigenvalue weighted by Crippen LogP contribution is -1.86. The highest BCUT2D eigenvalue weighted by Gasteiger charge is 1.95. The zero-order chi connectivity index (χ0) is 17.6. The van der Waals surface area contributed by atoms with Crippen LogP contribution < -0.4 is 0 Å². The van der Waals surface area contributed by atoms with Crippen molar-refractivity contribution in [2.45, 2.75) is 136 Å². The Bertz CT molecular complexity index is 180. The van der Waals surface area contributed by atoms with Crippen LogP contribution in [0, 0.1) is 0 Å². The molecular weight excluding hydrogens is 308 g/mol. The summed E-state index contributed by atoms with van der Waals surface area (Å²) in [5, 5.41) is 0. The highest BCUT2D eigenvalue weighted by molar-refractivity contribution is 7.99. The first-order valence-electron chi connectivity index (χ1n) is 11.5. The number of thioether (sulfide) groups is 1. The Kier molecular flexibility index (Phi) is 23.7. The molecule has 0 aliphatic carbocycles. The third-order valence-corrected chi connectivity index (χ3v) is 6.19. The van der Waals surface area contributed by atoms with Crippen LogP contribution in [0.4, 0.5) is 0 Å². The highest BCUT2D eigenvalue weighted by Crippen LogP contribution is 2.15. The van der Waals surface area contributed by atoms with Gasteiger partial charge in [-0.25, -0.2) is 0 Å². The Morgan fingerprint density at radius 1 is 0.333 bits per heavy atom. The van der Waals surface area contributed by atoms with Crippen molar-refractivity contribution in [3.63, 3.8) is 0 Å². The molecule has 0 saturated heterocycles. The normalized spacial score (nSPS) is 11.2. The van der Waals surface area contributed by atoms with Crippen molar-refractivity contribution in [1.82, 2.24) is 0 Å². The Labute approximate surface area is 159 Å². The first-order valence-corrected chi connectivity index (χ1v) is 12.6. The molecule has 0 aliphatic rings. The fourth-order valence-corrected chi connectivity index (χ4v) is 4.33. The van der Waals surface area contributed by atoms with Gasteiger partial charge in [-0.3, -0.25) is 0 Å². The van der Waals surface area contributed by atoms with Crippen LogP contribution in [0.25, 0.3) is 0 Å². The van der Waals surface area contributed by atoms with Crippen molar-refractivity contribution in [2.75, 3.05) is 11.5 Å². The van der Waals surface area contributed by atoms with Gasteiger partial charge in [-0.05, 0) is 24.3 Å². The van der Waals surface area contributed by atoms with Gasteiger partial charge < -0.3 is 0 Å². The summed E-state index contributed by atoms with van der Waals surface area (Å²) in [7, 11) is 0. The molecule has 146 valence electrons. The lowest BCUT2D eigenvalue weighted by atomic mass is 10.0. The van der Waals surface area contributed by atoms with Crippen LogP contribution in [0.15, 0.2) is 0 Å². The molecule has 0 rings (SSSR count). The smallest absolute Gasteiger partial charge is 0.00675 e. The third-order valence-electron chi connectivity index (χ3n) is 5.03. The van der Waals surface area contributed by atoms with Crippen LogP contribution in [-0.4, -0.2) is 11.5 Å². The van der Waals surface area contributed by atoms with E-state index in [-0.39, 0.29) is 0 Å². The predicted octanol–water partition coefficient (Wildman–Crippen LogP) is 9.17. The van der Waals surface area contributed by atoms with Crippen LogP contribution >= 0.6 is 11.8 Å². The van der Waals surface area contributed by atoms with Crippen molar-refractivity contribution in [3.8, 4) is 0 Å². The molecular formula is C23H48S. The van der Waals surface area contributed by atoms with Crippen LogP contribution in [0.5, 0.6) is 0 Å². The molecule has 0 unspecified atom stereocenters. The third kappa shape index (κ3) is 22.4. The minimum Gasteiger partial charge on any atom is -0.162 e. The Morgan fingerprint density at radius 2 is 0.583 bits per heavy atom. The minimum absolute atomic E-state index is 1.36. The summed E-state index contributed by atoms with van der Waals surface area (Å²) < 4.78 is 0. The predicted molar refractivity (Wildman–Crippen MR) is 116 cm³/mol. The molecule has 0 radical (unpaired) electrons. The quantitative estimate of drug-likeness (QED) is 0.185. The number of unbranched alkanes of at least 4 members (excludes halogenated alkanes) is 17. The molecule has 0 saturated carbocycles. The van der Waals surface area contributed by atoms with Crippen LogP contribution in [0.1, 0.15) is 136 Å². The van der Waals surface area contributed by atoms with Crippen molar-refractivity contribution in [3.05, 3.63) is 0 Å². The topological polar surface area (TPSA) is 0 Å². The molecule has 1 heteroatoms. The molecule has 0 amide bonds. The van der Waals surface area contributed by atoms with Gasteiger partial charge in [0.2, 0.25) is 0 Å². The maximum absolute atomic E-state index is 2.30. The van der Waals surface area contributed by atoms with Gasteiger partial charge in [0.25, 0.3) is 0 Å². The average molecular weight is 357 g/mol. The zero-order valence-electron chi connectivity index (χ0n) is 17.3.